The maximum atomic E-state index is 13.9. The highest BCUT2D eigenvalue weighted by Gasteiger charge is 2.44. The maximum absolute atomic E-state index is 13.9. The number of piperidine rings is 1. The Hall–Kier alpha value is -2.86. The molecule has 0 bridgehead atoms. The molecule has 5 atom stereocenters. The quantitative estimate of drug-likeness (QED) is 0.530. The monoisotopic (exact) mass is 446 g/mol. The van der Waals surface area contributed by atoms with Gasteiger partial charge in [0, 0.05) is 35.3 Å². The van der Waals surface area contributed by atoms with Gasteiger partial charge in [0.2, 0.25) is 6.10 Å². The third kappa shape index (κ3) is 4.01. The van der Waals surface area contributed by atoms with Gasteiger partial charge in [-0.2, -0.15) is 0 Å². The smallest absolute Gasteiger partial charge is 0.273 e. The molecule has 1 saturated heterocycles. The highest BCUT2D eigenvalue weighted by Crippen LogP contribution is 2.44. The summed E-state index contributed by atoms with van der Waals surface area (Å²) >= 11 is 0. The summed E-state index contributed by atoms with van der Waals surface area (Å²) in [6.07, 6.45) is 6.22. The summed E-state index contributed by atoms with van der Waals surface area (Å²) in [6, 6.07) is 17.0. The number of likely N-dealkylation sites (tertiary alicyclic amines) is 1. The van der Waals surface area contributed by atoms with Gasteiger partial charge in [0.25, 0.3) is 5.91 Å². The van der Waals surface area contributed by atoms with E-state index in [0.717, 1.165) is 36.3 Å². The zero-order valence-electron chi connectivity index (χ0n) is 19.5. The van der Waals surface area contributed by atoms with Crippen LogP contribution >= 0.6 is 0 Å². The normalized spacial score (nSPS) is 30.1. The van der Waals surface area contributed by atoms with Crippen molar-refractivity contribution in [3.63, 3.8) is 0 Å². The van der Waals surface area contributed by atoms with Gasteiger partial charge in [-0.1, -0.05) is 36.8 Å². The van der Waals surface area contributed by atoms with Crippen LogP contribution in [-0.4, -0.2) is 40.8 Å². The number of anilines is 1. The first-order valence-electron chi connectivity index (χ1n) is 12.2. The average Bonchev–Trinajstić information content (AvgIpc) is 3.27. The number of para-hydroxylation sites is 2. The molecule has 1 amide bonds. The van der Waals surface area contributed by atoms with E-state index in [4.69, 9.17) is 15.9 Å². The fraction of sp³-hybridized carbons (Fsp3) is 0.481. The number of nitrogens with zero attached hydrogens (tertiary/aromatic N) is 2. The lowest BCUT2D eigenvalue weighted by molar-refractivity contribution is -0.127. The number of amides is 1. The largest absolute Gasteiger partial charge is 0.474 e. The van der Waals surface area contributed by atoms with E-state index in [1.54, 1.807) is 12.1 Å². The molecule has 2 aliphatic heterocycles. The van der Waals surface area contributed by atoms with Crippen LogP contribution in [0.15, 0.2) is 48.5 Å². The third-order valence-electron chi connectivity index (χ3n) is 7.76. The van der Waals surface area contributed by atoms with Crippen LogP contribution in [0.1, 0.15) is 69.6 Å². The van der Waals surface area contributed by atoms with E-state index in [2.05, 4.69) is 18.7 Å². The Labute approximate surface area is 196 Å². The molecule has 1 aliphatic carbocycles. The molecule has 2 aromatic carbocycles. The Morgan fingerprint density at radius 3 is 2.48 bits per heavy atom. The lowest BCUT2D eigenvalue weighted by Crippen LogP contribution is -2.50. The van der Waals surface area contributed by atoms with Gasteiger partial charge in [-0.15, -0.1) is 0 Å². The fourth-order valence-electron chi connectivity index (χ4n) is 6.24. The van der Waals surface area contributed by atoms with E-state index in [9.17, 15) is 4.79 Å². The van der Waals surface area contributed by atoms with Crippen molar-refractivity contribution in [1.29, 1.82) is 5.41 Å². The molecule has 6 heteroatoms. The maximum Gasteiger partial charge on any atom is 0.273 e. The second-order valence-corrected chi connectivity index (χ2v) is 9.91. The number of nitrogen functional groups attached to an aromatic ring is 1. The summed E-state index contributed by atoms with van der Waals surface area (Å²) in [5, 5.41) is 7.78. The molecule has 0 spiro atoms. The highest BCUT2D eigenvalue weighted by atomic mass is 16.5. The summed E-state index contributed by atoms with van der Waals surface area (Å²) in [5.74, 6) is 0.694. The number of nitrogens with two attached hydrogens (primary N) is 1. The Bertz CT molecular complexity index is 1040. The molecule has 2 heterocycles. The highest BCUT2D eigenvalue weighted by molar-refractivity contribution is 6.01. The number of amidine groups is 1. The molecule has 6 nitrogen and oxygen atoms in total. The van der Waals surface area contributed by atoms with Crippen LogP contribution in [0.2, 0.25) is 0 Å². The second kappa shape index (κ2) is 8.82. The van der Waals surface area contributed by atoms with Crippen LogP contribution in [-0.2, 0) is 4.79 Å². The predicted octanol–water partition coefficient (Wildman–Crippen LogP) is 4.62. The number of nitrogens with one attached hydrogen (secondary N) is 1. The minimum Gasteiger partial charge on any atom is -0.474 e. The van der Waals surface area contributed by atoms with Crippen LogP contribution in [0, 0.1) is 5.41 Å². The van der Waals surface area contributed by atoms with E-state index in [0.29, 0.717) is 23.7 Å². The van der Waals surface area contributed by atoms with E-state index in [-0.39, 0.29) is 17.8 Å². The summed E-state index contributed by atoms with van der Waals surface area (Å²) in [7, 11) is 0. The molecule has 1 saturated carbocycles. The molecule has 2 fully saturated rings. The molecule has 174 valence electrons. The van der Waals surface area contributed by atoms with E-state index < -0.39 is 6.10 Å². The van der Waals surface area contributed by atoms with Gasteiger partial charge >= 0.3 is 0 Å². The summed E-state index contributed by atoms with van der Waals surface area (Å²) in [5.41, 5.74) is 7.91. The number of benzene rings is 2. The molecule has 2 aromatic rings. The minimum absolute atomic E-state index is 0.0132. The zero-order chi connectivity index (χ0) is 23.1. The van der Waals surface area contributed by atoms with Crippen molar-refractivity contribution in [2.75, 3.05) is 4.90 Å². The molecule has 3 unspecified atom stereocenters. The first-order chi connectivity index (χ1) is 15.9. The Balaban J connectivity index is 1.45. The van der Waals surface area contributed by atoms with Gasteiger partial charge < -0.3 is 15.4 Å². The van der Waals surface area contributed by atoms with Gasteiger partial charge in [0.1, 0.15) is 11.6 Å². The number of carbonyl (C=O) groups excluding carboxylic acids is 1. The average molecular weight is 447 g/mol. The Kier molecular flexibility index (Phi) is 5.87. The van der Waals surface area contributed by atoms with Crippen LogP contribution in [0.3, 0.4) is 0 Å². The standard InChI is InChI=1S/C27H34N4O2/c1-17-7-5-8-18(2)30(17)21-13-14-22(16-21)31-23-11-3-4-12-24(23)33-25(27(31)32)19-9-6-10-20(15-19)26(28)29/h3-4,6,9-12,15,17-18,21-22,25H,5,7-8,13-14,16H2,1-2H3,(H3,28,29)/t17-,18+,21?,22?,25?. The van der Waals surface area contributed by atoms with Crippen molar-refractivity contribution in [2.45, 2.75) is 82.6 Å². The molecule has 3 N–H and O–H groups in total. The summed E-state index contributed by atoms with van der Waals surface area (Å²) in [4.78, 5) is 18.6. The zero-order valence-corrected chi connectivity index (χ0v) is 19.5. The summed E-state index contributed by atoms with van der Waals surface area (Å²) in [6.45, 7) is 4.71. The van der Waals surface area contributed by atoms with Gasteiger partial charge in [-0.25, -0.2) is 0 Å². The van der Waals surface area contributed by atoms with Gasteiger partial charge in [0.15, 0.2) is 0 Å². The van der Waals surface area contributed by atoms with Gasteiger partial charge in [-0.05, 0) is 64.2 Å². The van der Waals surface area contributed by atoms with Crippen molar-refractivity contribution >= 4 is 17.4 Å². The van der Waals surface area contributed by atoms with Crippen LogP contribution < -0.4 is 15.4 Å². The first-order valence-corrected chi connectivity index (χ1v) is 12.2. The first kappa shape index (κ1) is 22.0. The molecule has 33 heavy (non-hydrogen) atoms. The van der Waals surface area contributed by atoms with Crippen molar-refractivity contribution in [3.05, 3.63) is 59.7 Å². The predicted molar refractivity (Wildman–Crippen MR) is 131 cm³/mol. The molecule has 5 rings (SSSR count). The van der Waals surface area contributed by atoms with Gasteiger partial charge in [0.05, 0.1) is 5.69 Å². The second-order valence-electron chi connectivity index (χ2n) is 9.91. The number of carbonyl (C=O) groups is 1. The molecule has 0 radical (unpaired) electrons. The lowest BCUT2D eigenvalue weighted by Gasteiger charge is -2.44. The van der Waals surface area contributed by atoms with Crippen LogP contribution in [0.25, 0.3) is 0 Å². The fourth-order valence-corrected chi connectivity index (χ4v) is 6.24. The van der Waals surface area contributed by atoms with Crippen molar-refractivity contribution < 1.29 is 9.53 Å². The molecule has 0 aromatic heterocycles. The van der Waals surface area contributed by atoms with Crippen molar-refractivity contribution in [1.82, 2.24) is 4.90 Å². The molecular formula is C27H34N4O2. The topological polar surface area (TPSA) is 82.7 Å². The van der Waals surface area contributed by atoms with Crippen molar-refractivity contribution in [3.8, 4) is 5.75 Å². The number of hydrogen-bond acceptors (Lipinski definition) is 4. The number of hydrogen-bond donors (Lipinski definition) is 2. The molecule has 3 aliphatic rings. The van der Waals surface area contributed by atoms with Crippen LogP contribution in [0.4, 0.5) is 5.69 Å². The third-order valence-corrected chi connectivity index (χ3v) is 7.76. The van der Waals surface area contributed by atoms with Crippen LogP contribution in [0.5, 0.6) is 5.75 Å². The minimum atomic E-state index is -0.730. The van der Waals surface area contributed by atoms with Gasteiger partial charge in [-0.3, -0.25) is 15.1 Å². The summed E-state index contributed by atoms with van der Waals surface area (Å²) < 4.78 is 6.22. The van der Waals surface area contributed by atoms with E-state index in [1.807, 2.05) is 41.3 Å². The lowest BCUT2D eigenvalue weighted by atomic mass is 9.94. The van der Waals surface area contributed by atoms with Crippen molar-refractivity contribution in [2.24, 2.45) is 5.73 Å². The SMILES string of the molecule is C[C@@H]1CCC[C@H](C)N1C1CCC(N2C(=O)C(c3cccc(C(=N)N)c3)Oc3ccccc32)C1. The Morgan fingerprint density at radius 2 is 1.73 bits per heavy atom. The number of fused-ring (bicyclic) bond motifs is 1. The van der Waals surface area contributed by atoms with E-state index >= 15 is 0 Å². The van der Waals surface area contributed by atoms with E-state index in [1.165, 1.54) is 19.3 Å². The molecular weight excluding hydrogens is 412 g/mol. The number of ether oxygens (including phenoxy) is 1. The number of rotatable bonds is 4. The Morgan fingerprint density at radius 1 is 1.00 bits per heavy atom.